The Labute approximate surface area is 101 Å². The van der Waals surface area contributed by atoms with Crippen LogP contribution in [0.4, 0.5) is 0 Å². The first kappa shape index (κ1) is 11.9. The van der Waals surface area contributed by atoms with Crippen LogP contribution < -0.4 is 5.32 Å². The molecule has 2 aromatic rings. The van der Waals surface area contributed by atoms with Crippen LogP contribution in [0.5, 0.6) is 0 Å². The highest BCUT2D eigenvalue weighted by molar-refractivity contribution is 5.53. The van der Waals surface area contributed by atoms with E-state index in [-0.39, 0.29) is 0 Å². The molecule has 0 aromatic carbocycles. The van der Waals surface area contributed by atoms with Crippen LogP contribution in [-0.2, 0) is 6.42 Å². The number of nitrogens with one attached hydrogen (secondary N) is 1. The van der Waals surface area contributed by atoms with Gasteiger partial charge in [0.2, 0.25) is 0 Å². The largest absolute Gasteiger partial charge is 0.461 e. The molecule has 0 saturated heterocycles. The summed E-state index contributed by atoms with van der Waals surface area (Å²) in [5.41, 5.74) is 1.06. The Balaban J connectivity index is 1.99. The van der Waals surface area contributed by atoms with Crippen molar-refractivity contribution in [2.24, 2.45) is 0 Å². The summed E-state index contributed by atoms with van der Waals surface area (Å²) >= 11 is 0. The van der Waals surface area contributed by atoms with E-state index < -0.39 is 0 Å². The molecule has 0 radical (unpaired) electrons. The molecule has 2 heterocycles. The standard InChI is InChI=1S/C13H18N2O2/c1-9(2)14-6-4-12-15-8-11(17-12)13-10(3)5-7-16-13/h5,7-9,14H,4,6H2,1-3H3. The Morgan fingerprint density at radius 3 is 2.88 bits per heavy atom. The van der Waals surface area contributed by atoms with Gasteiger partial charge in [0.15, 0.2) is 17.4 Å². The molecule has 92 valence electrons. The summed E-state index contributed by atoms with van der Waals surface area (Å²) in [4.78, 5) is 4.24. The summed E-state index contributed by atoms with van der Waals surface area (Å²) in [5.74, 6) is 2.21. The van der Waals surface area contributed by atoms with Crippen LogP contribution in [-0.4, -0.2) is 17.6 Å². The highest BCUT2D eigenvalue weighted by Gasteiger charge is 2.11. The Kier molecular flexibility index (Phi) is 3.64. The minimum atomic E-state index is 0.483. The second kappa shape index (κ2) is 5.19. The molecular formula is C13H18N2O2. The third-order valence-corrected chi connectivity index (χ3v) is 2.53. The SMILES string of the molecule is Cc1ccoc1-c1cnc(CCNC(C)C)o1. The number of aryl methyl sites for hydroxylation is 1. The molecule has 4 heteroatoms. The van der Waals surface area contributed by atoms with Crippen LogP contribution in [0.1, 0.15) is 25.3 Å². The predicted octanol–water partition coefficient (Wildman–Crippen LogP) is 2.78. The lowest BCUT2D eigenvalue weighted by Crippen LogP contribution is -2.24. The number of furan rings is 1. The van der Waals surface area contributed by atoms with Gasteiger partial charge < -0.3 is 14.2 Å². The maximum absolute atomic E-state index is 5.65. The van der Waals surface area contributed by atoms with Crippen LogP contribution in [0, 0.1) is 6.92 Å². The minimum absolute atomic E-state index is 0.483. The minimum Gasteiger partial charge on any atom is -0.461 e. The van der Waals surface area contributed by atoms with E-state index in [0.29, 0.717) is 11.8 Å². The quantitative estimate of drug-likeness (QED) is 0.864. The van der Waals surface area contributed by atoms with Gasteiger partial charge in [-0.15, -0.1) is 0 Å². The van der Waals surface area contributed by atoms with Crippen LogP contribution in [0.25, 0.3) is 11.5 Å². The van der Waals surface area contributed by atoms with Crippen molar-refractivity contribution < 1.29 is 8.83 Å². The van der Waals surface area contributed by atoms with E-state index in [4.69, 9.17) is 8.83 Å². The third kappa shape index (κ3) is 2.97. The number of oxazole rings is 1. The van der Waals surface area contributed by atoms with Gasteiger partial charge in [0.1, 0.15) is 0 Å². The number of hydrogen-bond acceptors (Lipinski definition) is 4. The van der Waals surface area contributed by atoms with Gasteiger partial charge in [0.25, 0.3) is 0 Å². The van der Waals surface area contributed by atoms with E-state index in [1.807, 2.05) is 13.0 Å². The molecule has 0 bridgehead atoms. The van der Waals surface area contributed by atoms with Crippen LogP contribution >= 0.6 is 0 Å². The zero-order valence-corrected chi connectivity index (χ0v) is 10.5. The molecule has 0 aliphatic rings. The number of hydrogen-bond donors (Lipinski definition) is 1. The number of aromatic nitrogens is 1. The number of nitrogens with zero attached hydrogens (tertiary/aromatic N) is 1. The Morgan fingerprint density at radius 2 is 2.24 bits per heavy atom. The van der Waals surface area contributed by atoms with E-state index in [1.165, 1.54) is 0 Å². The molecule has 0 aliphatic carbocycles. The van der Waals surface area contributed by atoms with E-state index in [1.54, 1.807) is 12.5 Å². The maximum atomic E-state index is 5.65. The third-order valence-electron chi connectivity index (χ3n) is 2.53. The summed E-state index contributed by atoms with van der Waals surface area (Å²) < 4.78 is 11.0. The zero-order chi connectivity index (χ0) is 12.3. The van der Waals surface area contributed by atoms with Crippen molar-refractivity contribution in [1.29, 1.82) is 0 Å². The summed E-state index contributed by atoms with van der Waals surface area (Å²) in [6.45, 7) is 7.09. The molecule has 2 rings (SSSR count). The second-order valence-electron chi connectivity index (χ2n) is 4.41. The molecule has 1 N–H and O–H groups in total. The van der Waals surface area contributed by atoms with Gasteiger partial charge >= 0.3 is 0 Å². The van der Waals surface area contributed by atoms with Gasteiger partial charge in [-0.2, -0.15) is 0 Å². The highest BCUT2D eigenvalue weighted by atomic mass is 16.4. The monoisotopic (exact) mass is 234 g/mol. The molecule has 0 fully saturated rings. The van der Waals surface area contributed by atoms with Crippen molar-refractivity contribution in [3.05, 3.63) is 30.0 Å². The molecule has 17 heavy (non-hydrogen) atoms. The van der Waals surface area contributed by atoms with Gasteiger partial charge in [-0.25, -0.2) is 4.98 Å². The van der Waals surface area contributed by atoms with Gasteiger partial charge in [0, 0.05) is 19.0 Å². The molecule has 4 nitrogen and oxygen atoms in total. The molecule has 0 aliphatic heterocycles. The molecule has 2 aromatic heterocycles. The number of rotatable bonds is 5. The van der Waals surface area contributed by atoms with Crippen molar-refractivity contribution >= 4 is 0 Å². The molecular weight excluding hydrogens is 216 g/mol. The van der Waals surface area contributed by atoms with Crippen molar-refractivity contribution in [1.82, 2.24) is 10.3 Å². The molecule has 0 saturated carbocycles. The summed E-state index contributed by atoms with van der Waals surface area (Å²) in [6.07, 6.45) is 4.17. The lowest BCUT2D eigenvalue weighted by atomic mass is 10.2. The fourth-order valence-electron chi connectivity index (χ4n) is 1.62. The van der Waals surface area contributed by atoms with Crippen LogP contribution in [0.3, 0.4) is 0 Å². The van der Waals surface area contributed by atoms with Gasteiger partial charge in [-0.3, -0.25) is 0 Å². The molecule has 0 unspecified atom stereocenters. The Hall–Kier alpha value is -1.55. The van der Waals surface area contributed by atoms with Crippen LogP contribution in [0.2, 0.25) is 0 Å². The predicted molar refractivity (Wildman–Crippen MR) is 65.8 cm³/mol. The average molecular weight is 234 g/mol. The van der Waals surface area contributed by atoms with E-state index in [9.17, 15) is 0 Å². The summed E-state index contributed by atoms with van der Waals surface area (Å²) in [7, 11) is 0. The van der Waals surface area contributed by atoms with Crippen molar-refractivity contribution in [2.45, 2.75) is 33.2 Å². The topological polar surface area (TPSA) is 51.2 Å². The first-order valence-electron chi connectivity index (χ1n) is 5.89. The van der Waals surface area contributed by atoms with Gasteiger partial charge in [0.05, 0.1) is 12.5 Å². The fraction of sp³-hybridized carbons (Fsp3) is 0.462. The second-order valence-corrected chi connectivity index (χ2v) is 4.41. The zero-order valence-electron chi connectivity index (χ0n) is 10.5. The van der Waals surface area contributed by atoms with Crippen molar-refractivity contribution in [3.8, 4) is 11.5 Å². The first-order chi connectivity index (χ1) is 8.16. The molecule has 0 spiro atoms. The van der Waals surface area contributed by atoms with Gasteiger partial charge in [-0.05, 0) is 18.6 Å². The van der Waals surface area contributed by atoms with Gasteiger partial charge in [-0.1, -0.05) is 13.8 Å². The highest BCUT2D eigenvalue weighted by Crippen LogP contribution is 2.24. The first-order valence-corrected chi connectivity index (χ1v) is 5.89. The lowest BCUT2D eigenvalue weighted by Gasteiger charge is -2.05. The smallest absolute Gasteiger partial charge is 0.196 e. The van der Waals surface area contributed by atoms with E-state index >= 15 is 0 Å². The van der Waals surface area contributed by atoms with Crippen LogP contribution in [0.15, 0.2) is 27.4 Å². The Morgan fingerprint density at radius 1 is 1.41 bits per heavy atom. The summed E-state index contributed by atoms with van der Waals surface area (Å²) in [5, 5.41) is 3.33. The molecule has 0 amide bonds. The lowest BCUT2D eigenvalue weighted by molar-refractivity contribution is 0.467. The maximum Gasteiger partial charge on any atom is 0.196 e. The fourth-order valence-corrected chi connectivity index (χ4v) is 1.62. The average Bonchev–Trinajstić information content (AvgIpc) is 2.86. The summed E-state index contributed by atoms with van der Waals surface area (Å²) in [6, 6.07) is 2.40. The normalized spacial score (nSPS) is 11.3. The molecule has 0 atom stereocenters. The van der Waals surface area contributed by atoms with E-state index in [0.717, 1.165) is 30.2 Å². The van der Waals surface area contributed by atoms with Crippen molar-refractivity contribution in [3.63, 3.8) is 0 Å². The van der Waals surface area contributed by atoms with Crippen molar-refractivity contribution in [2.75, 3.05) is 6.54 Å². The Bertz CT molecular complexity index is 471. The van der Waals surface area contributed by atoms with E-state index in [2.05, 4.69) is 24.1 Å².